The van der Waals surface area contributed by atoms with E-state index in [2.05, 4.69) is 37.2 Å². The molecule has 90 valence electrons. The number of nitrogens with zero attached hydrogens (tertiary/aromatic N) is 1. The lowest BCUT2D eigenvalue weighted by atomic mass is 10.2. The van der Waals surface area contributed by atoms with E-state index in [1.807, 2.05) is 18.2 Å². The van der Waals surface area contributed by atoms with Crippen molar-refractivity contribution in [3.8, 4) is 0 Å². The van der Waals surface area contributed by atoms with Gasteiger partial charge in [-0.2, -0.15) is 0 Å². The number of hydrogen-bond acceptors (Lipinski definition) is 2. The summed E-state index contributed by atoms with van der Waals surface area (Å²) in [6, 6.07) is 5.60. The zero-order valence-electron chi connectivity index (χ0n) is 8.87. The second kappa shape index (κ2) is 5.18. The van der Waals surface area contributed by atoms with E-state index in [1.54, 1.807) is 4.90 Å². The smallest absolute Gasteiger partial charge is 0.246 e. The van der Waals surface area contributed by atoms with Gasteiger partial charge in [0.1, 0.15) is 0 Å². The summed E-state index contributed by atoms with van der Waals surface area (Å²) in [5.41, 5.74) is 0.787. The van der Waals surface area contributed by atoms with Crippen molar-refractivity contribution >= 4 is 49.4 Å². The summed E-state index contributed by atoms with van der Waals surface area (Å²) >= 11 is 6.78. The van der Waals surface area contributed by atoms with Crippen LogP contribution in [0.4, 0.5) is 5.69 Å². The first-order valence-electron chi connectivity index (χ1n) is 5.10. The molecule has 1 fully saturated rings. The monoisotopic (exact) mass is 360 g/mol. The van der Waals surface area contributed by atoms with Crippen LogP contribution in [0.5, 0.6) is 0 Å². The Kier molecular flexibility index (Phi) is 3.83. The van der Waals surface area contributed by atoms with Crippen molar-refractivity contribution in [2.45, 2.75) is 6.42 Å². The highest BCUT2D eigenvalue weighted by molar-refractivity contribution is 9.11. The largest absolute Gasteiger partial charge is 0.347 e. The van der Waals surface area contributed by atoms with E-state index in [0.717, 1.165) is 14.6 Å². The average Bonchev–Trinajstić information content (AvgIpc) is 2.43. The molecule has 2 rings (SSSR count). The highest BCUT2D eigenvalue weighted by Gasteiger charge is 2.22. The van der Waals surface area contributed by atoms with Gasteiger partial charge in [-0.3, -0.25) is 9.59 Å². The van der Waals surface area contributed by atoms with Crippen LogP contribution < -0.4 is 10.2 Å². The molecule has 0 radical (unpaired) electrons. The summed E-state index contributed by atoms with van der Waals surface area (Å²) in [6.07, 6.45) is 0.328. The predicted octanol–water partition coefficient (Wildman–Crippen LogP) is 2.06. The molecule has 0 bridgehead atoms. The van der Waals surface area contributed by atoms with Crippen LogP contribution in [0.15, 0.2) is 27.1 Å². The SMILES string of the molecule is O=C1CCN(c2ccc(Br)cc2Br)C(=O)CN1. The van der Waals surface area contributed by atoms with Gasteiger partial charge >= 0.3 is 0 Å². The van der Waals surface area contributed by atoms with Crippen LogP contribution in [0.25, 0.3) is 0 Å². The van der Waals surface area contributed by atoms with Gasteiger partial charge in [0.25, 0.3) is 0 Å². The molecule has 1 saturated heterocycles. The van der Waals surface area contributed by atoms with Gasteiger partial charge in [0.2, 0.25) is 11.8 Å². The molecule has 1 N–H and O–H groups in total. The first-order chi connectivity index (χ1) is 8.08. The van der Waals surface area contributed by atoms with Crippen molar-refractivity contribution in [3.63, 3.8) is 0 Å². The molecule has 17 heavy (non-hydrogen) atoms. The third kappa shape index (κ3) is 2.87. The topological polar surface area (TPSA) is 49.4 Å². The van der Waals surface area contributed by atoms with Crippen molar-refractivity contribution in [1.29, 1.82) is 0 Å². The van der Waals surface area contributed by atoms with Gasteiger partial charge in [0, 0.05) is 21.9 Å². The summed E-state index contributed by atoms with van der Waals surface area (Å²) in [5, 5.41) is 2.57. The van der Waals surface area contributed by atoms with Gasteiger partial charge in [-0.05, 0) is 34.1 Å². The molecule has 0 spiro atoms. The molecule has 0 aromatic heterocycles. The van der Waals surface area contributed by atoms with E-state index in [-0.39, 0.29) is 18.4 Å². The lowest BCUT2D eigenvalue weighted by Gasteiger charge is -2.21. The minimum atomic E-state index is -0.0983. The zero-order valence-corrected chi connectivity index (χ0v) is 12.0. The van der Waals surface area contributed by atoms with Gasteiger partial charge in [-0.1, -0.05) is 15.9 Å². The van der Waals surface area contributed by atoms with Crippen LogP contribution in [0, 0.1) is 0 Å². The fourth-order valence-corrected chi connectivity index (χ4v) is 2.91. The van der Waals surface area contributed by atoms with Crippen LogP contribution in [-0.4, -0.2) is 24.9 Å². The number of nitrogens with one attached hydrogen (secondary N) is 1. The van der Waals surface area contributed by atoms with Gasteiger partial charge in [0.15, 0.2) is 0 Å². The van der Waals surface area contributed by atoms with Crippen LogP contribution >= 0.6 is 31.9 Å². The molecule has 0 unspecified atom stereocenters. The summed E-state index contributed by atoms with van der Waals surface area (Å²) < 4.78 is 1.76. The highest BCUT2D eigenvalue weighted by Crippen LogP contribution is 2.29. The third-order valence-corrected chi connectivity index (χ3v) is 3.63. The Labute approximate surface area is 116 Å². The van der Waals surface area contributed by atoms with E-state index >= 15 is 0 Å². The first-order valence-corrected chi connectivity index (χ1v) is 6.68. The number of carbonyl (C=O) groups is 2. The number of hydrogen-bond donors (Lipinski definition) is 1. The lowest BCUT2D eigenvalue weighted by Crippen LogP contribution is -2.35. The maximum atomic E-state index is 11.9. The zero-order chi connectivity index (χ0) is 12.4. The molecule has 0 saturated carbocycles. The van der Waals surface area contributed by atoms with Crippen LogP contribution in [-0.2, 0) is 9.59 Å². The fourth-order valence-electron chi connectivity index (χ4n) is 1.65. The first kappa shape index (κ1) is 12.6. The van der Waals surface area contributed by atoms with Gasteiger partial charge in [0.05, 0.1) is 12.2 Å². The molecular weight excluding hydrogens is 352 g/mol. The van der Waals surface area contributed by atoms with Crippen molar-refractivity contribution < 1.29 is 9.59 Å². The second-order valence-electron chi connectivity index (χ2n) is 3.67. The molecule has 6 heteroatoms. The third-order valence-electron chi connectivity index (χ3n) is 2.50. The number of rotatable bonds is 1. The van der Waals surface area contributed by atoms with Crippen LogP contribution in [0.3, 0.4) is 0 Å². The normalized spacial score (nSPS) is 16.7. The Balaban J connectivity index is 2.31. The number of amides is 2. The molecule has 1 aromatic carbocycles. The molecule has 0 atom stereocenters. The minimum Gasteiger partial charge on any atom is -0.347 e. The summed E-state index contributed by atoms with van der Waals surface area (Å²) in [5.74, 6) is -0.187. The van der Waals surface area contributed by atoms with Gasteiger partial charge in [-0.15, -0.1) is 0 Å². The maximum Gasteiger partial charge on any atom is 0.246 e. The number of benzene rings is 1. The van der Waals surface area contributed by atoms with E-state index in [9.17, 15) is 9.59 Å². The molecular formula is C11H10Br2N2O2. The Hall–Kier alpha value is -0.880. The predicted molar refractivity (Wildman–Crippen MR) is 71.8 cm³/mol. The summed E-state index contributed by atoms with van der Waals surface area (Å²) in [7, 11) is 0. The highest BCUT2D eigenvalue weighted by atomic mass is 79.9. The minimum absolute atomic E-state index is 0.0569. The maximum absolute atomic E-state index is 11.9. The Bertz CT molecular complexity index is 477. The average molecular weight is 362 g/mol. The molecule has 4 nitrogen and oxygen atoms in total. The molecule has 0 aliphatic carbocycles. The van der Waals surface area contributed by atoms with E-state index in [0.29, 0.717) is 13.0 Å². The molecule has 1 aliphatic rings. The fraction of sp³-hybridized carbons (Fsp3) is 0.273. The number of anilines is 1. The van der Waals surface area contributed by atoms with Crippen molar-refractivity contribution in [1.82, 2.24) is 5.32 Å². The van der Waals surface area contributed by atoms with Gasteiger partial charge in [-0.25, -0.2) is 0 Å². The van der Waals surface area contributed by atoms with Crippen LogP contribution in [0.1, 0.15) is 6.42 Å². The van der Waals surface area contributed by atoms with Crippen LogP contribution in [0.2, 0.25) is 0 Å². The Morgan fingerprint density at radius 2 is 2.00 bits per heavy atom. The second-order valence-corrected chi connectivity index (χ2v) is 5.44. The van der Waals surface area contributed by atoms with E-state index in [1.165, 1.54) is 0 Å². The summed E-state index contributed by atoms with van der Waals surface area (Å²) in [6.45, 7) is 0.465. The van der Waals surface area contributed by atoms with E-state index < -0.39 is 0 Å². The van der Waals surface area contributed by atoms with Crippen molar-refractivity contribution in [3.05, 3.63) is 27.1 Å². The number of halogens is 2. The Morgan fingerprint density at radius 3 is 2.71 bits per heavy atom. The van der Waals surface area contributed by atoms with E-state index in [4.69, 9.17) is 0 Å². The van der Waals surface area contributed by atoms with Crippen molar-refractivity contribution in [2.24, 2.45) is 0 Å². The standard InChI is InChI=1S/C11H10Br2N2O2/c12-7-1-2-9(8(13)5-7)15-4-3-10(16)14-6-11(15)17/h1-2,5H,3-4,6H2,(H,14,16). The summed E-state index contributed by atoms with van der Waals surface area (Å²) in [4.78, 5) is 24.7. The Morgan fingerprint density at radius 1 is 1.24 bits per heavy atom. The quantitative estimate of drug-likeness (QED) is 0.832. The number of carbonyl (C=O) groups excluding carboxylic acids is 2. The lowest BCUT2D eigenvalue weighted by molar-refractivity contribution is -0.123. The molecule has 2 amide bonds. The van der Waals surface area contributed by atoms with Crippen molar-refractivity contribution in [2.75, 3.05) is 18.0 Å². The molecule has 1 aromatic rings. The van der Waals surface area contributed by atoms with Gasteiger partial charge < -0.3 is 10.2 Å². The molecule has 1 aliphatic heterocycles. The molecule has 1 heterocycles.